The maximum Gasteiger partial charge on any atom is 0.115 e. The molecule has 0 spiro atoms. The second kappa shape index (κ2) is 5.43. The quantitative estimate of drug-likeness (QED) is 0.658. The molecule has 16 heavy (non-hydrogen) atoms. The van der Waals surface area contributed by atoms with Gasteiger partial charge in [0, 0.05) is 16.9 Å². The van der Waals surface area contributed by atoms with Crippen LogP contribution in [0.2, 0.25) is 0 Å². The number of halogens is 1. The van der Waals surface area contributed by atoms with Gasteiger partial charge in [-0.3, -0.25) is 10.8 Å². The Bertz CT molecular complexity index is 395. The van der Waals surface area contributed by atoms with E-state index in [0.29, 0.717) is 0 Å². The Kier molecular flexibility index (Phi) is 3.93. The van der Waals surface area contributed by atoms with Gasteiger partial charge in [0.25, 0.3) is 0 Å². The Morgan fingerprint density at radius 2 is 2.38 bits per heavy atom. The molecule has 2 heterocycles. The third-order valence-electron chi connectivity index (χ3n) is 2.47. The summed E-state index contributed by atoms with van der Waals surface area (Å²) >= 11 is 3.39. The molecule has 4 nitrogen and oxygen atoms in total. The van der Waals surface area contributed by atoms with Gasteiger partial charge in [0.2, 0.25) is 0 Å². The number of rotatable bonds is 3. The monoisotopic (exact) mass is 283 g/mol. The average Bonchev–Trinajstić information content (AvgIpc) is 2.31. The fraction of sp³-hybridized carbons (Fsp3) is 0.364. The Morgan fingerprint density at radius 3 is 3.00 bits per heavy atom. The van der Waals surface area contributed by atoms with Crippen molar-refractivity contribution in [3.63, 3.8) is 0 Å². The summed E-state index contributed by atoms with van der Waals surface area (Å²) in [7, 11) is 0. The first-order chi connectivity index (χ1) is 7.81. The highest BCUT2D eigenvalue weighted by atomic mass is 79.9. The smallest absolute Gasteiger partial charge is 0.115 e. The molecular weight excluding hydrogens is 270 g/mol. The number of hydrogen-bond acceptors (Lipinski definition) is 4. The number of hydrogen-bond donors (Lipinski definition) is 2. The lowest BCUT2D eigenvalue weighted by atomic mass is 10.1. The van der Waals surface area contributed by atoms with Crippen molar-refractivity contribution in [2.75, 3.05) is 6.61 Å². The van der Waals surface area contributed by atoms with Gasteiger partial charge in [0.05, 0.1) is 6.61 Å². The van der Waals surface area contributed by atoms with Crippen molar-refractivity contribution in [2.24, 2.45) is 5.84 Å². The van der Waals surface area contributed by atoms with E-state index in [1.54, 1.807) is 12.4 Å². The van der Waals surface area contributed by atoms with Gasteiger partial charge in [0.1, 0.15) is 11.8 Å². The summed E-state index contributed by atoms with van der Waals surface area (Å²) in [4.78, 5) is 4.12. The van der Waals surface area contributed by atoms with Crippen LogP contribution in [-0.2, 0) is 4.74 Å². The SMILES string of the molecule is NNC(C1=CCCCO1)c1cncc(Br)c1. The van der Waals surface area contributed by atoms with Crippen LogP contribution in [0.25, 0.3) is 0 Å². The number of nitrogens with two attached hydrogens (primary N) is 1. The minimum absolute atomic E-state index is 0.120. The Labute approximate surface area is 103 Å². The van der Waals surface area contributed by atoms with Crippen molar-refractivity contribution in [3.8, 4) is 0 Å². The fourth-order valence-corrected chi connectivity index (χ4v) is 2.09. The zero-order chi connectivity index (χ0) is 11.4. The average molecular weight is 284 g/mol. The first-order valence-electron chi connectivity index (χ1n) is 5.20. The van der Waals surface area contributed by atoms with E-state index in [1.807, 2.05) is 6.07 Å². The van der Waals surface area contributed by atoms with E-state index < -0.39 is 0 Å². The van der Waals surface area contributed by atoms with Gasteiger partial charge < -0.3 is 4.74 Å². The molecule has 0 saturated carbocycles. The maximum absolute atomic E-state index is 5.60. The van der Waals surface area contributed by atoms with E-state index in [1.165, 1.54) is 0 Å². The zero-order valence-corrected chi connectivity index (χ0v) is 10.4. The number of aromatic nitrogens is 1. The summed E-state index contributed by atoms with van der Waals surface area (Å²) in [5, 5.41) is 0. The highest BCUT2D eigenvalue weighted by molar-refractivity contribution is 9.10. The summed E-state index contributed by atoms with van der Waals surface area (Å²) in [5.74, 6) is 6.45. The molecule has 1 aromatic heterocycles. The van der Waals surface area contributed by atoms with Gasteiger partial charge in [-0.15, -0.1) is 0 Å². The number of ether oxygens (including phenoxy) is 1. The van der Waals surface area contributed by atoms with Crippen LogP contribution in [0.5, 0.6) is 0 Å². The molecule has 2 rings (SSSR count). The summed E-state index contributed by atoms with van der Waals surface area (Å²) in [6, 6.07) is 1.86. The van der Waals surface area contributed by atoms with Gasteiger partial charge >= 0.3 is 0 Å². The summed E-state index contributed by atoms with van der Waals surface area (Å²) < 4.78 is 6.53. The van der Waals surface area contributed by atoms with Gasteiger partial charge in [-0.2, -0.15) is 0 Å². The van der Waals surface area contributed by atoms with Crippen LogP contribution in [0.4, 0.5) is 0 Å². The predicted molar refractivity (Wildman–Crippen MR) is 65.3 cm³/mol. The van der Waals surface area contributed by atoms with E-state index in [4.69, 9.17) is 10.6 Å². The topological polar surface area (TPSA) is 60.2 Å². The van der Waals surface area contributed by atoms with Crippen molar-refractivity contribution in [2.45, 2.75) is 18.9 Å². The van der Waals surface area contributed by atoms with Crippen molar-refractivity contribution in [1.82, 2.24) is 10.4 Å². The van der Waals surface area contributed by atoms with Gasteiger partial charge in [-0.1, -0.05) is 0 Å². The van der Waals surface area contributed by atoms with Gasteiger partial charge in [-0.25, -0.2) is 5.43 Å². The number of pyridine rings is 1. The van der Waals surface area contributed by atoms with E-state index in [0.717, 1.165) is 35.2 Å². The first kappa shape index (κ1) is 11.6. The van der Waals surface area contributed by atoms with Gasteiger partial charge in [-0.05, 0) is 46.5 Å². The highest BCUT2D eigenvalue weighted by Gasteiger charge is 2.18. The number of nitrogens with one attached hydrogen (secondary N) is 1. The molecule has 1 aromatic rings. The highest BCUT2D eigenvalue weighted by Crippen LogP contribution is 2.26. The van der Waals surface area contributed by atoms with Crippen molar-refractivity contribution < 1.29 is 4.74 Å². The molecule has 0 aliphatic carbocycles. The van der Waals surface area contributed by atoms with E-state index in [9.17, 15) is 0 Å². The third kappa shape index (κ3) is 2.61. The Morgan fingerprint density at radius 1 is 1.50 bits per heavy atom. The molecule has 1 atom stereocenters. The minimum Gasteiger partial charge on any atom is -0.496 e. The van der Waals surface area contributed by atoms with Crippen molar-refractivity contribution in [1.29, 1.82) is 0 Å². The lowest BCUT2D eigenvalue weighted by Crippen LogP contribution is -2.31. The molecule has 1 aliphatic rings. The molecule has 1 aliphatic heterocycles. The first-order valence-corrected chi connectivity index (χ1v) is 6.00. The molecule has 86 valence electrons. The van der Waals surface area contributed by atoms with Crippen LogP contribution in [0.3, 0.4) is 0 Å². The maximum atomic E-state index is 5.60. The van der Waals surface area contributed by atoms with Crippen molar-refractivity contribution >= 4 is 15.9 Å². The molecule has 0 radical (unpaired) electrons. The van der Waals surface area contributed by atoms with Crippen LogP contribution in [0.15, 0.2) is 34.8 Å². The summed E-state index contributed by atoms with van der Waals surface area (Å²) in [5.41, 5.74) is 3.75. The Hall–Kier alpha value is -0.910. The largest absolute Gasteiger partial charge is 0.496 e. The molecule has 0 saturated heterocycles. The lowest BCUT2D eigenvalue weighted by molar-refractivity contribution is 0.168. The molecule has 0 bridgehead atoms. The molecule has 0 amide bonds. The molecule has 3 N–H and O–H groups in total. The van der Waals surface area contributed by atoms with Crippen LogP contribution in [0, 0.1) is 0 Å². The molecule has 0 fully saturated rings. The summed E-state index contributed by atoms with van der Waals surface area (Å²) in [6.07, 6.45) is 7.71. The number of allylic oxidation sites excluding steroid dienone is 1. The van der Waals surface area contributed by atoms with E-state index in [-0.39, 0.29) is 6.04 Å². The Balaban J connectivity index is 2.25. The second-order valence-electron chi connectivity index (χ2n) is 3.63. The van der Waals surface area contributed by atoms with E-state index in [2.05, 4.69) is 32.4 Å². The van der Waals surface area contributed by atoms with E-state index >= 15 is 0 Å². The lowest BCUT2D eigenvalue weighted by Gasteiger charge is -2.23. The number of hydrazine groups is 1. The molecule has 1 unspecified atom stereocenters. The van der Waals surface area contributed by atoms with Crippen LogP contribution < -0.4 is 11.3 Å². The molecule has 5 heteroatoms. The fourth-order valence-electron chi connectivity index (χ4n) is 1.71. The molecular formula is C11H14BrN3O. The number of nitrogens with zero attached hydrogens (tertiary/aromatic N) is 1. The molecule has 0 aromatic carbocycles. The van der Waals surface area contributed by atoms with Gasteiger partial charge in [0.15, 0.2) is 0 Å². The normalized spacial score (nSPS) is 17.5. The van der Waals surface area contributed by atoms with Crippen molar-refractivity contribution in [3.05, 3.63) is 40.3 Å². The zero-order valence-electron chi connectivity index (χ0n) is 8.82. The minimum atomic E-state index is -0.120. The summed E-state index contributed by atoms with van der Waals surface area (Å²) in [6.45, 7) is 0.755. The van der Waals surface area contributed by atoms with Crippen LogP contribution >= 0.6 is 15.9 Å². The second-order valence-corrected chi connectivity index (χ2v) is 4.55. The van der Waals surface area contributed by atoms with Crippen LogP contribution in [-0.4, -0.2) is 11.6 Å². The predicted octanol–water partition coefficient (Wildman–Crippen LogP) is 2.04. The van der Waals surface area contributed by atoms with Crippen LogP contribution in [0.1, 0.15) is 24.4 Å². The standard InChI is InChI=1S/C11H14BrN3O/c12-9-5-8(6-14-7-9)11(15-13)10-3-1-2-4-16-10/h3,5-7,11,15H,1-2,4,13H2. The third-order valence-corrected chi connectivity index (χ3v) is 2.91.